The van der Waals surface area contributed by atoms with Gasteiger partial charge in [0.15, 0.2) is 0 Å². The molecule has 5 nitrogen and oxygen atoms in total. The third-order valence-corrected chi connectivity index (χ3v) is 3.16. The van der Waals surface area contributed by atoms with Crippen molar-refractivity contribution < 1.29 is 4.79 Å². The minimum Gasteiger partial charge on any atom is -0.352 e. The van der Waals surface area contributed by atoms with Crippen LogP contribution in [0.15, 0.2) is 36.7 Å². The number of nitrogens with zero attached hydrogens (tertiary/aromatic N) is 2. The minimum absolute atomic E-state index is 0.182. The van der Waals surface area contributed by atoms with Crippen LogP contribution in [0.25, 0.3) is 0 Å². The number of amides is 1. The van der Waals surface area contributed by atoms with Gasteiger partial charge in [0.1, 0.15) is 0 Å². The van der Waals surface area contributed by atoms with E-state index >= 15 is 0 Å². The highest BCUT2D eigenvalue weighted by atomic mass is 35.5. The summed E-state index contributed by atoms with van der Waals surface area (Å²) >= 11 is 5.92. The normalized spacial score (nSPS) is 10.5. The van der Waals surface area contributed by atoms with E-state index in [1.807, 2.05) is 38.1 Å². The predicted molar refractivity (Wildman–Crippen MR) is 88.3 cm³/mol. The molecule has 2 aromatic rings. The van der Waals surface area contributed by atoms with Gasteiger partial charge in [-0.25, -0.2) is 9.97 Å². The smallest absolute Gasteiger partial charge is 0.254 e. The maximum absolute atomic E-state index is 12.0. The van der Waals surface area contributed by atoms with E-state index < -0.39 is 0 Å². The average Bonchev–Trinajstić information content (AvgIpc) is 2.47. The number of hydrogen-bond acceptors (Lipinski definition) is 4. The Kier molecular flexibility index (Phi) is 5.72. The van der Waals surface area contributed by atoms with Crippen LogP contribution in [0, 0.1) is 0 Å². The first-order valence-electron chi connectivity index (χ1n) is 7.16. The van der Waals surface area contributed by atoms with Crippen LogP contribution in [0.3, 0.4) is 0 Å². The van der Waals surface area contributed by atoms with Gasteiger partial charge >= 0.3 is 0 Å². The second kappa shape index (κ2) is 7.75. The van der Waals surface area contributed by atoms with Crippen LogP contribution in [-0.4, -0.2) is 28.5 Å². The van der Waals surface area contributed by atoms with E-state index in [2.05, 4.69) is 20.6 Å². The number of aromatic nitrogens is 2. The standard InChI is InChI=1S/C16H19ClN4O/c1-11(2)21-16-19-9-13(10-20-16)15(22)18-7-6-12-4-3-5-14(17)8-12/h3-5,8-11H,6-7H2,1-2H3,(H,18,22)(H,19,20,21). The molecule has 1 aromatic carbocycles. The molecular formula is C16H19ClN4O. The molecule has 0 unspecified atom stereocenters. The van der Waals surface area contributed by atoms with Crippen molar-refractivity contribution in [3.8, 4) is 0 Å². The van der Waals surface area contributed by atoms with Crippen LogP contribution < -0.4 is 10.6 Å². The molecule has 1 aromatic heterocycles. The van der Waals surface area contributed by atoms with E-state index in [1.165, 1.54) is 12.4 Å². The van der Waals surface area contributed by atoms with Gasteiger partial charge in [-0.3, -0.25) is 4.79 Å². The molecule has 0 atom stereocenters. The molecule has 0 bridgehead atoms. The molecule has 0 fully saturated rings. The van der Waals surface area contributed by atoms with Crippen molar-refractivity contribution in [1.82, 2.24) is 15.3 Å². The Morgan fingerprint density at radius 1 is 1.27 bits per heavy atom. The molecule has 0 saturated carbocycles. The highest BCUT2D eigenvalue weighted by Gasteiger charge is 2.07. The van der Waals surface area contributed by atoms with Crippen LogP contribution in [-0.2, 0) is 6.42 Å². The van der Waals surface area contributed by atoms with Gasteiger partial charge in [-0.05, 0) is 38.0 Å². The molecule has 1 amide bonds. The summed E-state index contributed by atoms with van der Waals surface area (Å²) < 4.78 is 0. The van der Waals surface area contributed by atoms with E-state index in [-0.39, 0.29) is 11.9 Å². The third kappa shape index (κ3) is 5.00. The van der Waals surface area contributed by atoms with Gasteiger partial charge in [-0.1, -0.05) is 23.7 Å². The lowest BCUT2D eigenvalue weighted by Crippen LogP contribution is -2.26. The van der Waals surface area contributed by atoms with Crippen LogP contribution in [0.2, 0.25) is 5.02 Å². The first-order valence-corrected chi connectivity index (χ1v) is 7.53. The summed E-state index contributed by atoms with van der Waals surface area (Å²) in [6, 6.07) is 7.84. The van der Waals surface area contributed by atoms with Crippen LogP contribution in [0.1, 0.15) is 29.8 Å². The van der Waals surface area contributed by atoms with Crippen LogP contribution >= 0.6 is 11.6 Å². The zero-order chi connectivity index (χ0) is 15.9. The molecule has 6 heteroatoms. The van der Waals surface area contributed by atoms with Crippen LogP contribution in [0.4, 0.5) is 5.95 Å². The fraction of sp³-hybridized carbons (Fsp3) is 0.312. The van der Waals surface area contributed by atoms with Crippen molar-refractivity contribution in [3.05, 3.63) is 52.8 Å². The Labute approximate surface area is 135 Å². The van der Waals surface area contributed by atoms with Gasteiger partial charge < -0.3 is 10.6 Å². The Bertz CT molecular complexity index is 628. The summed E-state index contributed by atoms with van der Waals surface area (Å²) in [5, 5.41) is 6.62. The van der Waals surface area contributed by atoms with Gasteiger partial charge in [0.2, 0.25) is 5.95 Å². The first kappa shape index (κ1) is 16.2. The zero-order valence-corrected chi connectivity index (χ0v) is 13.4. The first-order chi connectivity index (χ1) is 10.5. The van der Waals surface area contributed by atoms with Crippen molar-refractivity contribution >= 4 is 23.5 Å². The highest BCUT2D eigenvalue weighted by Crippen LogP contribution is 2.10. The van der Waals surface area contributed by atoms with E-state index in [1.54, 1.807) is 0 Å². The fourth-order valence-electron chi connectivity index (χ4n) is 1.89. The van der Waals surface area contributed by atoms with Gasteiger partial charge in [0.25, 0.3) is 5.91 Å². The lowest BCUT2D eigenvalue weighted by Gasteiger charge is -2.08. The largest absolute Gasteiger partial charge is 0.352 e. The van der Waals surface area contributed by atoms with Gasteiger partial charge in [-0.15, -0.1) is 0 Å². The van der Waals surface area contributed by atoms with Crippen molar-refractivity contribution in [2.75, 3.05) is 11.9 Å². The Morgan fingerprint density at radius 2 is 2.00 bits per heavy atom. The number of nitrogens with one attached hydrogen (secondary N) is 2. The van der Waals surface area contributed by atoms with Crippen molar-refractivity contribution in [2.24, 2.45) is 0 Å². The van der Waals surface area contributed by atoms with E-state index in [9.17, 15) is 4.79 Å². The molecule has 0 aliphatic heterocycles. The van der Waals surface area contributed by atoms with Crippen molar-refractivity contribution in [3.63, 3.8) is 0 Å². The quantitative estimate of drug-likeness (QED) is 0.859. The van der Waals surface area contributed by atoms with E-state index in [4.69, 9.17) is 11.6 Å². The number of hydrogen-bond donors (Lipinski definition) is 2. The predicted octanol–water partition coefficient (Wildman–Crippen LogP) is 2.92. The molecule has 0 aliphatic carbocycles. The van der Waals surface area contributed by atoms with Gasteiger partial charge in [-0.2, -0.15) is 0 Å². The van der Waals surface area contributed by atoms with Crippen LogP contribution in [0.5, 0.6) is 0 Å². The summed E-state index contributed by atoms with van der Waals surface area (Å²) in [5.41, 5.74) is 1.53. The topological polar surface area (TPSA) is 66.9 Å². The summed E-state index contributed by atoms with van der Waals surface area (Å²) in [4.78, 5) is 20.2. The number of halogens is 1. The minimum atomic E-state index is -0.182. The molecule has 1 heterocycles. The monoisotopic (exact) mass is 318 g/mol. The lowest BCUT2D eigenvalue weighted by molar-refractivity contribution is 0.0953. The third-order valence-electron chi connectivity index (χ3n) is 2.92. The second-order valence-corrected chi connectivity index (χ2v) is 5.67. The molecule has 116 valence electrons. The van der Waals surface area contributed by atoms with Crippen molar-refractivity contribution in [2.45, 2.75) is 26.3 Å². The molecule has 0 aliphatic rings. The number of anilines is 1. The molecule has 2 N–H and O–H groups in total. The lowest BCUT2D eigenvalue weighted by atomic mass is 10.1. The molecular weight excluding hydrogens is 300 g/mol. The number of carbonyl (C=O) groups is 1. The molecule has 0 radical (unpaired) electrons. The van der Waals surface area contributed by atoms with Gasteiger partial charge in [0.05, 0.1) is 5.56 Å². The number of benzene rings is 1. The Morgan fingerprint density at radius 3 is 2.64 bits per heavy atom. The summed E-state index contributed by atoms with van der Waals surface area (Å²) in [6.07, 6.45) is 3.76. The van der Waals surface area contributed by atoms with E-state index in [0.29, 0.717) is 23.1 Å². The van der Waals surface area contributed by atoms with E-state index in [0.717, 1.165) is 12.0 Å². The number of carbonyl (C=O) groups excluding carboxylic acids is 1. The molecule has 22 heavy (non-hydrogen) atoms. The Balaban J connectivity index is 1.84. The Hall–Kier alpha value is -2.14. The summed E-state index contributed by atoms with van der Waals surface area (Å²) in [6.45, 7) is 4.53. The molecule has 0 spiro atoms. The van der Waals surface area contributed by atoms with Gasteiger partial charge in [0, 0.05) is 30.0 Å². The fourth-order valence-corrected chi connectivity index (χ4v) is 2.11. The average molecular weight is 319 g/mol. The molecule has 0 saturated heterocycles. The summed E-state index contributed by atoms with van der Waals surface area (Å²) in [7, 11) is 0. The maximum Gasteiger partial charge on any atom is 0.254 e. The maximum atomic E-state index is 12.0. The van der Waals surface area contributed by atoms with Crippen molar-refractivity contribution in [1.29, 1.82) is 0 Å². The summed E-state index contributed by atoms with van der Waals surface area (Å²) in [5.74, 6) is 0.337. The zero-order valence-electron chi connectivity index (χ0n) is 12.6. The highest BCUT2D eigenvalue weighted by molar-refractivity contribution is 6.30. The second-order valence-electron chi connectivity index (χ2n) is 5.23. The number of rotatable bonds is 6. The molecule has 2 rings (SSSR count). The SMILES string of the molecule is CC(C)Nc1ncc(C(=O)NCCc2cccc(Cl)c2)cn1.